The van der Waals surface area contributed by atoms with Crippen LogP contribution in [0.2, 0.25) is 0 Å². The maximum absolute atomic E-state index is 5.77. The van der Waals surface area contributed by atoms with E-state index in [1.807, 2.05) is 6.92 Å². The van der Waals surface area contributed by atoms with Crippen molar-refractivity contribution in [3.05, 3.63) is 0 Å². The monoisotopic (exact) mass is 161 g/mol. The van der Waals surface area contributed by atoms with Crippen LogP contribution in [-0.4, -0.2) is 39.6 Å². The summed E-state index contributed by atoms with van der Waals surface area (Å²) in [5.41, 5.74) is 0.107. The van der Waals surface area contributed by atoms with E-state index in [-0.39, 0.29) is 28.6 Å². The molecular weight excluding hydrogens is 146 g/mol. The van der Waals surface area contributed by atoms with Crippen LogP contribution in [0.1, 0.15) is 27.7 Å². The lowest BCUT2D eigenvalue weighted by atomic mass is 10.1. The molecule has 0 fully saturated rings. The molecule has 1 nitrogen and oxygen atoms in total. The molecule has 0 radical (unpaired) electrons. The van der Waals surface area contributed by atoms with Gasteiger partial charge in [-0.05, 0) is 32.5 Å². The first-order valence-electron chi connectivity index (χ1n) is 2.92. The van der Waals surface area contributed by atoms with Crippen LogP contribution in [0, 0.1) is 0 Å². The van der Waals surface area contributed by atoms with Crippen LogP contribution < -0.4 is 0 Å². The maximum atomic E-state index is 5.77. The van der Waals surface area contributed by atoms with Crippen LogP contribution in [0.3, 0.4) is 0 Å². The molecule has 0 heterocycles. The second-order valence-corrected chi connectivity index (χ2v) is 3.26. The molecule has 0 atom stereocenters. The normalized spacial score (nSPS) is 11.3. The van der Waals surface area contributed by atoms with Crippen molar-refractivity contribution < 1.29 is 0 Å². The van der Waals surface area contributed by atoms with Crippen molar-refractivity contribution in [2.45, 2.75) is 33.2 Å². The van der Waals surface area contributed by atoms with Crippen LogP contribution in [0.4, 0.5) is 0 Å². The third-order valence-corrected chi connectivity index (χ3v) is 1.75. The Morgan fingerprint density at radius 1 is 1.33 bits per heavy atom. The third-order valence-electron chi connectivity index (χ3n) is 1.01. The Labute approximate surface area is 79.0 Å². The van der Waals surface area contributed by atoms with E-state index >= 15 is 0 Å². The summed E-state index contributed by atoms with van der Waals surface area (Å²) in [6.07, 6.45) is 0. The molecule has 0 aliphatic heterocycles. The van der Waals surface area contributed by atoms with Crippen molar-refractivity contribution in [3.63, 3.8) is 0 Å². The molecule has 0 aliphatic rings. The molecule has 9 heavy (non-hydrogen) atoms. The number of nitrogens with zero attached hydrogens (tertiary/aromatic N) is 1. The van der Waals surface area contributed by atoms with Gasteiger partial charge in [-0.1, -0.05) is 6.92 Å². The smallest absolute Gasteiger partial charge is 0.215 e. The van der Waals surface area contributed by atoms with Gasteiger partial charge in [-0.25, -0.2) is 4.42 Å². The van der Waals surface area contributed by atoms with Gasteiger partial charge in [-0.2, -0.15) is 0 Å². The number of rotatable bonds is 1. The Balaban J connectivity index is 0. The SMILES string of the molecule is CCN(Cl)C(C)(C)C.[MgH2]. The van der Waals surface area contributed by atoms with E-state index in [4.69, 9.17) is 11.8 Å². The highest BCUT2D eigenvalue weighted by Crippen LogP contribution is 2.13. The zero-order valence-corrected chi connectivity index (χ0v) is 6.79. The minimum atomic E-state index is 0. The van der Waals surface area contributed by atoms with E-state index in [9.17, 15) is 0 Å². The molecule has 0 saturated carbocycles. The Hall–Kier alpha value is 1.02. The summed E-state index contributed by atoms with van der Waals surface area (Å²) in [5.74, 6) is 0. The van der Waals surface area contributed by atoms with Crippen molar-refractivity contribution in [3.8, 4) is 0 Å². The lowest BCUT2D eigenvalue weighted by molar-refractivity contribution is 0.273. The van der Waals surface area contributed by atoms with Crippen molar-refractivity contribution >= 4 is 34.8 Å². The zero-order chi connectivity index (χ0) is 6.78. The van der Waals surface area contributed by atoms with Gasteiger partial charge in [0.2, 0.25) is 0 Å². The van der Waals surface area contributed by atoms with E-state index in [0.717, 1.165) is 6.54 Å². The topological polar surface area (TPSA) is 3.24 Å². The van der Waals surface area contributed by atoms with E-state index in [0.29, 0.717) is 0 Å². The Morgan fingerprint density at radius 2 is 1.67 bits per heavy atom. The van der Waals surface area contributed by atoms with E-state index in [2.05, 4.69) is 20.8 Å². The summed E-state index contributed by atoms with van der Waals surface area (Å²) in [7, 11) is 0. The van der Waals surface area contributed by atoms with Gasteiger partial charge in [0.15, 0.2) is 0 Å². The van der Waals surface area contributed by atoms with Gasteiger partial charge < -0.3 is 0 Å². The summed E-state index contributed by atoms with van der Waals surface area (Å²) in [6, 6.07) is 0. The van der Waals surface area contributed by atoms with Crippen LogP contribution in [0.5, 0.6) is 0 Å². The number of hydrogen-bond acceptors (Lipinski definition) is 1. The molecule has 0 rings (SSSR count). The van der Waals surface area contributed by atoms with E-state index in [1.54, 1.807) is 4.42 Å². The third kappa shape index (κ3) is 5.46. The van der Waals surface area contributed by atoms with Gasteiger partial charge in [0.05, 0.1) is 0 Å². The largest absolute Gasteiger partial charge is 0.316 e. The summed E-state index contributed by atoms with van der Waals surface area (Å²) >= 11 is 5.77. The van der Waals surface area contributed by atoms with Crippen molar-refractivity contribution in [1.29, 1.82) is 0 Å². The van der Waals surface area contributed by atoms with Crippen LogP contribution >= 0.6 is 11.8 Å². The molecule has 54 valence electrons. The average molecular weight is 162 g/mol. The number of halogens is 1. The molecule has 0 N–H and O–H groups in total. The lowest BCUT2D eigenvalue weighted by Gasteiger charge is -2.27. The lowest BCUT2D eigenvalue weighted by Crippen LogP contribution is -2.33. The summed E-state index contributed by atoms with van der Waals surface area (Å²) < 4.78 is 1.78. The highest BCUT2D eigenvalue weighted by molar-refractivity contribution is 6.13. The van der Waals surface area contributed by atoms with Gasteiger partial charge in [-0.3, -0.25) is 0 Å². The molecular formula is C6H16ClMgN. The molecule has 0 aromatic heterocycles. The van der Waals surface area contributed by atoms with Crippen LogP contribution in [0.25, 0.3) is 0 Å². The molecule has 0 aromatic rings. The van der Waals surface area contributed by atoms with Crippen molar-refractivity contribution in [1.82, 2.24) is 4.42 Å². The molecule has 0 aromatic carbocycles. The van der Waals surface area contributed by atoms with Gasteiger partial charge in [0.1, 0.15) is 0 Å². The van der Waals surface area contributed by atoms with Gasteiger partial charge in [0, 0.05) is 12.1 Å². The van der Waals surface area contributed by atoms with Gasteiger partial charge in [0.25, 0.3) is 0 Å². The van der Waals surface area contributed by atoms with Gasteiger partial charge >= 0.3 is 23.1 Å². The van der Waals surface area contributed by atoms with Crippen LogP contribution in [0.15, 0.2) is 0 Å². The molecule has 0 saturated heterocycles. The van der Waals surface area contributed by atoms with Crippen molar-refractivity contribution in [2.75, 3.05) is 6.54 Å². The first-order chi connectivity index (χ1) is 3.48. The second kappa shape index (κ2) is 4.77. The highest BCUT2D eigenvalue weighted by Gasteiger charge is 2.16. The fraction of sp³-hybridized carbons (Fsp3) is 1.00. The Bertz CT molecular complexity index is 69.9. The summed E-state index contributed by atoms with van der Waals surface area (Å²) in [4.78, 5) is 0. The second-order valence-electron chi connectivity index (χ2n) is 2.85. The first kappa shape index (κ1) is 12.7. The quantitative estimate of drug-likeness (QED) is 0.415. The fourth-order valence-corrected chi connectivity index (χ4v) is 0.474. The number of hydrogen-bond donors (Lipinski definition) is 0. The fourth-order valence-electron chi connectivity index (χ4n) is 0.474. The molecule has 0 spiro atoms. The Kier molecular flexibility index (Phi) is 6.72. The minimum absolute atomic E-state index is 0. The summed E-state index contributed by atoms with van der Waals surface area (Å²) in [6.45, 7) is 9.19. The molecule has 0 aliphatic carbocycles. The predicted octanol–water partition coefficient (Wildman–Crippen LogP) is 1.34. The zero-order valence-electron chi connectivity index (χ0n) is 6.03. The molecule has 0 unspecified atom stereocenters. The van der Waals surface area contributed by atoms with E-state index in [1.165, 1.54) is 0 Å². The van der Waals surface area contributed by atoms with Crippen molar-refractivity contribution in [2.24, 2.45) is 0 Å². The molecule has 3 heteroatoms. The standard InChI is InChI=1S/C6H14ClN.Mg.2H/c1-5-8(7)6(2,3)4;;;/h5H2,1-4H3;;;. The summed E-state index contributed by atoms with van der Waals surface area (Å²) in [5, 5.41) is 0. The first-order valence-corrected chi connectivity index (χ1v) is 3.25. The van der Waals surface area contributed by atoms with E-state index < -0.39 is 0 Å². The van der Waals surface area contributed by atoms with Gasteiger partial charge in [-0.15, -0.1) is 0 Å². The molecule has 0 bridgehead atoms. The average Bonchev–Trinajstić information content (AvgIpc) is 1.62. The highest BCUT2D eigenvalue weighted by atomic mass is 35.5. The Morgan fingerprint density at radius 3 is 1.67 bits per heavy atom. The van der Waals surface area contributed by atoms with Crippen LogP contribution in [-0.2, 0) is 0 Å². The molecule has 0 amide bonds. The predicted molar refractivity (Wildman–Crippen MR) is 46.5 cm³/mol. The maximum Gasteiger partial charge on any atom is 0.316 e. The minimum Gasteiger partial charge on any atom is -0.215 e.